The van der Waals surface area contributed by atoms with Gasteiger partial charge in [-0.15, -0.1) is 0 Å². The first kappa shape index (κ1) is 31.7. The zero-order valence-corrected chi connectivity index (χ0v) is 28.7. The van der Waals surface area contributed by atoms with Crippen molar-refractivity contribution in [3.8, 4) is 50.3 Å². The quantitative estimate of drug-likeness (QED) is 0.161. The molecule has 0 fully saturated rings. The highest BCUT2D eigenvalue weighted by molar-refractivity contribution is 6.04. The number of ether oxygens (including phenoxy) is 1. The third-order valence-electron chi connectivity index (χ3n) is 9.67. The van der Waals surface area contributed by atoms with Crippen LogP contribution in [-0.4, -0.2) is 38.1 Å². The highest BCUT2D eigenvalue weighted by Crippen LogP contribution is 2.39. The van der Waals surface area contributed by atoms with E-state index in [-0.39, 0.29) is 5.56 Å². The van der Waals surface area contributed by atoms with Gasteiger partial charge in [-0.3, -0.25) is 0 Å². The summed E-state index contributed by atoms with van der Waals surface area (Å²) < 4.78 is 5.44. The Morgan fingerprint density at radius 3 is 1.26 bits per heavy atom. The number of carbonyl (C=O) groups is 1. The molecule has 5 heterocycles. The van der Waals surface area contributed by atoms with Crippen molar-refractivity contribution in [2.45, 2.75) is 0 Å². The first-order chi connectivity index (χ1) is 26.1. The molecule has 53 heavy (non-hydrogen) atoms. The lowest BCUT2D eigenvalue weighted by molar-refractivity contribution is 0.0697. The number of aromatic nitrogens is 4. The van der Waals surface area contributed by atoms with Crippen LogP contribution in [0.25, 0.3) is 90.9 Å². The minimum atomic E-state index is -1.07. The lowest BCUT2D eigenvalue weighted by Gasteiger charge is -2.10. The maximum absolute atomic E-state index is 12.8. The van der Waals surface area contributed by atoms with Crippen LogP contribution in [0.15, 0.2) is 133 Å². The summed E-state index contributed by atoms with van der Waals surface area (Å²) in [5, 5.41) is 10.5. The average molecular weight is 689 g/mol. The molecule has 0 spiro atoms. The van der Waals surface area contributed by atoms with Crippen LogP contribution >= 0.6 is 0 Å². The number of aromatic carboxylic acids is 1. The summed E-state index contributed by atoms with van der Waals surface area (Å²) >= 11 is 0. The van der Waals surface area contributed by atoms with Crippen molar-refractivity contribution in [3.05, 3.63) is 162 Å². The first-order valence-electron chi connectivity index (χ1n) is 17.3. The lowest BCUT2D eigenvalue weighted by atomic mass is 9.97. The number of nitrogens with zero attached hydrogens (tertiary/aromatic N) is 2. The van der Waals surface area contributed by atoms with Gasteiger partial charge in [0.25, 0.3) is 0 Å². The second kappa shape index (κ2) is 13.1. The van der Waals surface area contributed by atoms with Gasteiger partial charge in [-0.2, -0.15) is 0 Å². The number of carboxylic acids is 1. The van der Waals surface area contributed by atoms with Crippen LogP contribution in [0.4, 0.5) is 0 Å². The van der Waals surface area contributed by atoms with Crippen molar-refractivity contribution in [3.63, 3.8) is 0 Å². The molecule has 0 saturated heterocycles. The monoisotopic (exact) mass is 688 g/mol. The second-order valence-corrected chi connectivity index (χ2v) is 12.8. The Hall–Kier alpha value is -7.25. The predicted molar refractivity (Wildman–Crippen MR) is 214 cm³/mol. The maximum atomic E-state index is 12.8. The Balaban J connectivity index is 1.49. The highest BCUT2D eigenvalue weighted by Gasteiger charge is 2.21. The number of rotatable bonds is 6. The van der Waals surface area contributed by atoms with Crippen molar-refractivity contribution in [2.75, 3.05) is 7.11 Å². The number of H-pyrrole nitrogens is 2. The Labute approximate surface area is 305 Å². The largest absolute Gasteiger partial charge is 0.497 e. The SMILES string of the molecule is COc1ccc(-c2c3nc(c(-c4ccccc4)c4ccc([nH]4)c(-c4ccccc4)c4nc(c(-c5ccccc5)c5ccc2[nH]5)C=C4)C=C3)c(C(=O)O)c1. The van der Waals surface area contributed by atoms with Crippen LogP contribution < -0.4 is 4.74 Å². The third-order valence-corrected chi connectivity index (χ3v) is 9.67. The van der Waals surface area contributed by atoms with Gasteiger partial charge in [0.2, 0.25) is 0 Å². The first-order valence-corrected chi connectivity index (χ1v) is 17.3. The average Bonchev–Trinajstić information content (AvgIpc) is 4.04. The van der Waals surface area contributed by atoms with E-state index < -0.39 is 5.97 Å². The van der Waals surface area contributed by atoms with Gasteiger partial charge in [-0.05, 0) is 83.5 Å². The van der Waals surface area contributed by atoms with Crippen LogP contribution in [0.1, 0.15) is 33.1 Å². The molecule has 9 rings (SSSR count). The van der Waals surface area contributed by atoms with Crippen molar-refractivity contribution >= 4 is 52.3 Å². The van der Waals surface area contributed by atoms with Crippen LogP contribution in [0.3, 0.4) is 0 Å². The van der Waals surface area contributed by atoms with E-state index in [1.54, 1.807) is 18.2 Å². The smallest absolute Gasteiger partial charge is 0.336 e. The molecule has 0 saturated carbocycles. The van der Waals surface area contributed by atoms with Gasteiger partial charge < -0.3 is 19.8 Å². The zero-order chi connectivity index (χ0) is 35.9. The molecule has 2 aliphatic heterocycles. The molecule has 2 aliphatic rings. The third kappa shape index (κ3) is 5.70. The number of nitrogens with one attached hydrogen (secondary N) is 2. The number of methoxy groups -OCH3 is 1. The number of benzene rings is 4. The van der Waals surface area contributed by atoms with Crippen molar-refractivity contribution in [2.24, 2.45) is 0 Å². The molecule has 0 aliphatic carbocycles. The summed E-state index contributed by atoms with van der Waals surface area (Å²) in [6.45, 7) is 0. The van der Waals surface area contributed by atoms with Gasteiger partial charge in [0.05, 0.1) is 35.4 Å². The molecule has 254 valence electrons. The van der Waals surface area contributed by atoms with Crippen LogP contribution in [-0.2, 0) is 0 Å². The van der Waals surface area contributed by atoms with Gasteiger partial charge in [0.15, 0.2) is 0 Å². The van der Waals surface area contributed by atoms with E-state index in [1.807, 2.05) is 78.9 Å². The van der Waals surface area contributed by atoms with Gasteiger partial charge in [0, 0.05) is 49.9 Å². The molecule has 0 atom stereocenters. The van der Waals surface area contributed by atoms with Crippen LogP contribution in [0.2, 0.25) is 0 Å². The number of carboxylic acid groups (broad SMARTS) is 1. The molecular formula is C46H32N4O3. The molecule has 3 aromatic heterocycles. The summed E-state index contributed by atoms with van der Waals surface area (Å²) in [5.41, 5.74) is 13.4. The molecule has 7 heteroatoms. The number of aromatic amines is 2. The lowest BCUT2D eigenvalue weighted by Crippen LogP contribution is -2.01. The predicted octanol–water partition coefficient (Wildman–Crippen LogP) is 11.0. The standard InChI is InChI=1S/C46H32N4O3/c1-53-31-17-18-32(33(27-31)46(51)52)45-40-25-23-38(49-40)43(29-13-7-3-8-14-29)36-21-19-34(47-36)42(28-11-5-2-6-12-28)35-20-22-37(48-35)44(30-15-9-4-10-16-30)39-24-26-41(45)50-39/h2-27,47,50H,1H3,(H,51,52). The van der Waals surface area contributed by atoms with E-state index in [4.69, 9.17) is 14.7 Å². The Kier molecular flexibility index (Phi) is 7.86. The molecule has 0 radical (unpaired) electrons. The molecule has 4 aromatic carbocycles. The van der Waals surface area contributed by atoms with E-state index in [9.17, 15) is 9.90 Å². The number of hydrogen-bond donors (Lipinski definition) is 3. The second-order valence-electron chi connectivity index (χ2n) is 12.8. The van der Waals surface area contributed by atoms with Crippen molar-refractivity contribution in [1.29, 1.82) is 0 Å². The van der Waals surface area contributed by atoms with Crippen molar-refractivity contribution < 1.29 is 14.6 Å². The Morgan fingerprint density at radius 2 is 0.887 bits per heavy atom. The minimum Gasteiger partial charge on any atom is -0.497 e. The van der Waals surface area contributed by atoms with E-state index in [2.05, 4.69) is 70.7 Å². The molecule has 7 aromatic rings. The molecule has 3 N–H and O–H groups in total. The van der Waals surface area contributed by atoms with Crippen LogP contribution in [0, 0.1) is 0 Å². The van der Waals surface area contributed by atoms with E-state index in [0.29, 0.717) is 28.1 Å². The van der Waals surface area contributed by atoms with Gasteiger partial charge >= 0.3 is 5.97 Å². The molecular weight excluding hydrogens is 657 g/mol. The highest BCUT2D eigenvalue weighted by atomic mass is 16.5. The summed E-state index contributed by atoms with van der Waals surface area (Å²) in [6, 6.07) is 44.0. The van der Waals surface area contributed by atoms with E-state index in [0.717, 1.165) is 67.0 Å². The Morgan fingerprint density at radius 1 is 0.509 bits per heavy atom. The summed E-state index contributed by atoms with van der Waals surface area (Å²) in [4.78, 5) is 30.8. The molecule has 0 amide bonds. The fraction of sp³-hybridized carbons (Fsp3) is 0.0217. The number of hydrogen-bond acceptors (Lipinski definition) is 4. The van der Waals surface area contributed by atoms with Crippen molar-refractivity contribution in [1.82, 2.24) is 19.9 Å². The molecule has 7 nitrogen and oxygen atoms in total. The van der Waals surface area contributed by atoms with E-state index >= 15 is 0 Å². The summed E-state index contributed by atoms with van der Waals surface area (Å²) in [7, 11) is 1.53. The summed E-state index contributed by atoms with van der Waals surface area (Å²) in [6.07, 6.45) is 8.09. The zero-order valence-electron chi connectivity index (χ0n) is 28.7. The van der Waals surface area contributed by atoms with Crippen LogP contribution in [0.5, 0.6) is 5.75 Å². The fourth-order valence-electron chi connectivity index (χ4n) is 7.26. The van der Waals surface area contributed by atoms with Gasteiger partial charge in [-0.1, -0.05) is 91.0 Å². The summed E-state index contributed by atoms with van der Waals surface area (Å²) in [5.74, 6) is -0.613. The Bertz CT molecular complexity index is 2740. The normalized spacial score (nSPS) is 11.9. The number of fused-ring (bicyclic) bond motifs is 8. The van der Waals surface area contributed by atoms with E-state index in [1.165, 1.54) is 7.11 Å². The van der Waals surface area contributed by atoms with Gasteiger partial charge in [-0.25, -0.2) is 14.8 Å². The molecule has 0 unspecified atom stereocenters. The van der Waals surface area contributed by atoms with Gasteiger partial charge in [0.1, 0.15) is 5.75 Å². The minimum absolute atomic E-state index is 0.106. The maximum Gasteiger partial charge on any atom is 0.336 e. The fourth-order valence-corrected chi connectivity index (χ4v) is 7.26. The topological polar surface area (TPSA) is 104 Å². The molecule has 8 bridgehead atoms.